The minimum Gasteiger partial charge on any atom is -0.489 e. The Hall–Kier alpha value is -4.30. The van der Waals surface area contributed by atoms with Crippen molar-refractivity contribution in [1.29, 1.82) is 0 Å². The lowest BCUT2D eigenvalue weighted by Crippen LogP contribution is -2.35. The van der Waals surface area contributed by atoms with Crippen molar-refractivity contribution >= 4 is 22.7 Å². The number of carbonyl (C=O) groups is 2. The highest BCUT2D eigenvalue weighted by Crippen LogP contribution is 2.54. The summed E-state index contributed by atoms with van der Waals surface area (Å²) in [7, 11) is 0. The van der Waals surface area contributed by atoms with Crippen LogP contribution >= 0.6 is 0 Å². The fourth-order valence-corrected chi connectivity index (χ4v) is 4.44. The number of para-hydroxylation sites is 1. The number of pyridine rings is 2. The summed E-state index contributed by atoms with van der Waals surface area (Å²) in [5, 5.41) is 9.92. The third-order valence-corrected chi connectivity index (χ3v) is 6.37. The van der Waals surface area contributed by atoms with Gasteiger partial charge in [-0.1, -0.05) is 30.3 Å². The van der Waals surface area contributed by atoms with Gasteiger partial charge in [0.1, 0.15) is 12.4 Å². The summed E-state index contributed by atoms with van der Waals surface area (Å²) in [5.74, 6) is -1.29. The Morgan fingerprint density at radius 1 is 1.09 bits per heavy atom. The maximum absolute atomic E-state index is 12.1. The lowest BCUT2D eigenvalue weighted by molar-refractivity contribution is -0.132. The van der Waals surface area contributed by atoms with Crippen LogP contribution in [0.2, 0.25) is 0 Å². The minimum absolute atomic E-state index is 0.260. The molecule has 1 fully saturated rings. The van der Waals surface area contributed by atoms with Crippen molar-refractivity contribution in [2.75, 3.05) is 0 Å². The molecule has 1 aliphatic rings. The Bertz CT molecular complexity index is 1370. The third kappa shape index (κ3) is 3.74. The summed E-state index contributed by atoms with van der Waals surface area (Å²) in [6.45, 7) is 0.316. The molecule has 2 amide bonds. The summed E-state index contributed by atoms with van der Waals surface area (Å²) in [6, 6.07) is 20.7. The van der Waals surface area contributed by atoms with Gasteiger partial charge in [0.2, 0.25) is 11.8 Å². The molecule has 2 heterocycles. The van der Waals surface area contributed by atoms with Crippen molar-refractivity contribution in [1.82, 2.24) is 15.4 Å². The van der Waals surface area contributed by atoms with Crippen molar-refractivity contribution in [2.45, 2.75) is 18.4 Å². The number of ether oxygens (including phenoxy) is 1. The van der Waals surface area contributed by atoms with E-state index in [1.54, 1.807) is 42.1 Å². The number of hydroxylamine groups is 1. The molecule has 0 saturated heterocycles. The van der Waals surface area contributed by atoms with E-state index in [-0.39, 0.29) is 6.42 Å². The van der Waals surface area contributed by atoms with E-state index >= 15 is 0 Å². The molecule has 170 valence electrons. The van der Waals surface area contributed by atoms with Gasteiger partial charge in [0.25, 0.3) is 0 Å². The first-order chi connectivity index (χ1) is 16.5. The fourth-order valence-electron chi connectivity index (χ4n) is 4.44. The molecule has 1 saturated carbocycles. The molecule has 0 aliphatic heterocycles. The number of benzene rings is 2. The molecule has 0 unspecified atom stereocenters. The van der Waals surface area contributed by atoms with Gasteiger partial charge in [-0.05, 0) is 48.4 Å². The van der Waals surface area contributed by atoms with Crippen LogP contribution < -0.4 is 16.0 Å². The second-order valence-electron chi connectivity index (χ2n) is 8.30. The molecule has 5 rings (SSSR count). The molecule has 34 heavy (non-hydrogen) atoms. The van der Waals surface area contributed by atoms with Crippen LogP contribution in [0, 0.1) is 5.92 Å². The van der Waals surface area contributed by atoms with Crippen molar-refractivity contribution in [3.05, 3.63) is 90.3 Å². The van der Waals surface area contributed by atoms with Crippen LogP contribution in [-0.2, 0) is 21.6 Å². The number of hydrogen-bond acceptors (Lipinski definition) is 6. The number of rotatable bonds is 7. The molecule has 2 atom stereocenters. The van der Waals surface area contributed by atoms with Crippen molar-refractivity contribution < 1.29 is 19.5 Å². The van der Waals surface area contributed by atoms with Crippen LogP contribution in [0.3, 0.4) is 0 Å². The first kappa shape index (κ1) is 21.5. The van der Waals surface area contributed by atoms with Gasteiger partial charge in [-0.2, -0.15) is 0 Å². The molecule has 0 bridgehead atoms. The number of nitrogens with two attached hydrogens (primary N) is 1. The van der Waals surface area contributed by atoms with Crippen molar-refractivity contribution in [3.63, 3.8) is 0 Å². The molecule has 1 aliphatic carbocycles. The van der Waals surface area contributed by atoms with Gasteiger partial charge in [-0.3, -0.25) is 19.8 Å². The van der Waals surface area contributed by atoms with Gasteiger partial charge in [-0.25, -0.2) is 10.5 Å². The minimum atomic E-state index is -1.11. The molecule has 0 radical (unpaired) electrons. The molecule has 4 aromatic rings. The van der Waals surface area contributed by atoms with Gasteiger partial charge in [0.05, 0.1) is 22.5 Å². The third-order valence-electron chi connectivity index (χ3n) is 6.37. The van der Waals surface area contributed by atoms with E-state index in [0.717, 1.165) is 27.7 Å². The number of fused-ring (bicyclic) bond motifs is 1. The average Bonchev–Trinajstić information content (AvgIpc) is 3.65. The van der Waals surface area contributed by atoms with E-state index in [1.807, 2.05) is 42.5 Å². The van der Waals surface area contributed by atoms with Gasteiger partial charge in [0.15, 0.2) is 0 Å². The molecule has 2 aromatic carbocycles. The molecular formula is C26H22N4O4. The van der Waals surface area contributed by atoms with E-state index < -0.39 is 23.1 Å². The Labute approximate surface area is 195 Å². The van der Waals surface area contributed by atoms with Crippen LogP contribution in [-0.4, -0.2) is 27.0 Å². The SMILES string of the molecule is NC(=O)[C@@]1(c2ccc(OCc3cc(-c4ccncc4)nc4ccccc34)cc2)C[C@@H]1C(=O)NO. The maximum atomic E-state index is 12.1. The van der Waals surface area contributed by atoms with Crippen LogP contribution in [0.25, 0.3) is 22.2 Å². The molecule has 0 spiro atoms. The second-order valence-corrected chi connectivity index (χ2v) is 8.30. The lowest BCUT2D eigenvalue weighted by atomic mass is 9.92. The molecule has 2 aromatic heterocycles. The highest BCUT2D eigenvalue weighted by Gasteiger charge is 2.63. The van der Waals surface area contributed by atoms with Crippen LogP contribution in [0.5, 0.6) is 5.75 Å². The monoisotopic (exact) mass is 454 g/mol. The number of nitrogens with one attached hydrogen (secondary N) is 1. The highest BCUT2D eigenvalue weighted by molar-refractivity contribution is 5.99. The normalized spacial score (nSPS) is 18.9. The smallest absolute Gasteiger partial charge is 0.247 e. The predicted octanol–water partition coefficient (Wildman–Crippen LogP) is 3.12. The largest absolute Gasteiger partial charge is 0.489 e. The Kier molecular flexibility index (Phi) is 5.43. The number of nitrogens with zero attached hydrogens (tertiary/aromatic N) is 2. The number of hydrogen-bond donors (Lipinski definition) is 3. The molecule has 4 N–H and O–H groups in total. The van der Waals surface area contributed by atoms with E-state index in [1.165, 1.54) is 0 Å². The summed E-state index contributed by atoms with van der Waals surface area (Å²) in [5.41, 5.74) is 10.4. The van der Waals surface area contributed by atoms with Gasteiger partial charge < -0.3 is 10.5 Å². The Morgan fingerprint density at radius 3 is 2.53 bits per heavy atom. The molecule has 8 heteroatoms. The topological polar surface area (TPSA) is 127 Å². The van der Waals surface area contributed by atoms with E-state index in [4.69, 9.17) is 20.7 Å². The van der Waals surface area contributed by atoms with Gasteiger partial charge in [-0.15, -0.1) is 0 Å². The fraction of sp³-hybridized carbons (Fsp3) is 0.154. The quantitative estimate of drug-likeness (QED) is 0.291. The zero-order valence-corrected chi connectivity index (χ0v) is 18.1. The summed E-state index contributed by atoms with van der Waals surface area (Å²) >= 11 is 0. The maximum Gasteiger partial charge on any atom is 0.247 e. The van der Waals surface area contributed by atoms with Crippen LogP contribution in [0.1, 0.15) is 17.5 Å². The van der Waals surface area contributed by atoms with Crippen molar-refractivity contribution in [2.24, 2.45) is 11.7 Å². The molecule has 8 nitrogen and oxygen atoms in total. The average molecular weight is 454 g/mol. The predicted molar refractivity (Wildman–Crippen MR) is 125 cm³/mol. The van der Waals surface area contributed by atoms with Gasteiger partial charge >= 0.3 is 0 Å². The van der Waals surface area contributed by atoms with Crippen molar-refractivity contribution in [3.8, 4) is 17.0 Å². The highest BCUT2D eigenvalue weighted by atomic mass is 16.5. The summed E-state index contributed by atoms with van der Waals surface area (Å²) < 4.78 is 6.06. The molecular weight excluding hydrogens is 432 g/mol. The number of amides is 2. The Balaban J connectivity index is 1.39. The summed E-state index contributed by atoms with van der Waals surface area (Å²) in [6.07, 6.45) is 3.73. The first-order valence-corrected chi connectivity index (χ1v) is 10.8. The number of carbonyl (C=O) groups excluding carboxylic acids is 2. The van der Waals surface area contributed by atoms with E-state index in [2.05, 4.69) is 4.98 Å². The number of primary amides is 1. The first-order valence-electron chi connectivity index (χ1n) is 10.8. The number of aromatic nitrogens is 2. The van der Waals surface area contributed by atoms with Gasteiger partial charge in [0, 0.05) is 28.9 Å². The van der Waals surface area contributed by atoms with Crippen LogP contribution in [0.4, 0.5) is 0 Å². The van der Waals surface area contributed by atoms with Crippen LogP contribution in [0.15, 0.2) is 79.1 Å². The Morgan fingerprint density at radius 2 is 1.82 bits per heavy atom. The zero-order valence-electron chi connectivity index (χ0n) is 18.1. The summed E-state index contributed by atoms with van der Waals surface area (Å²) in [4.78, 5) is 32.8. The lowest BCUT2D eigenvalue weighted by Gasteiger charge is -2.15. The standard InChI is InChI=1S/C26H22N4O4/c27-25(32)26(14-21(26)24(31)30-33)18-5-7-19(8-6-18)34-15-17-13-23(16-9-11-28-12-10-16)29-22-4-2-1-3-20(17)22/h1-13,21,33H,14-15H2,(H2,27,32)(H,30,31)/t21-,26-/m1/s1. The van der Waals surface area contributed by atoms with E-state index in [0.29, 0.717) is 17.9 Å². The zero-order chi connectivity index (χ0) is 23.7. The second kappa shape index (κ2) is 8.57. The van der Waals surface area contributed by atoms with E-state index in [9.17, 15) is 9.59 Å².